The summed E-state index contributed by atoms with van der Waals surface area (Å²) in [6.45, 7) is 0. The quantitative estimate of drug-likeness (QED) is 0.512. The maximum atomic E-state index is 3.72. The summed E-state index contributed by atoms with van der Waals surface area (Å²) in [5, 5.41) is 0. The summed E-state index contributed by atoms with van der Waals surface area (Å²) in [4.78, 5) is 0.843. The van der Waals surface area contributed by atoms with E-state index < -0.39 is 0 Å². The molecule has 2 aliphatic rings. The Balaban J connectivity index is 1.98. The summed E-state index contributed by atoms with van der Waals surface area (Å²) in [5.74, 6) is 2.84. The van der Waals surface area contributed by atoms with Crippen LogP contribution in [0.2, 0.25) is 0 Å². The van der Waals surface area contributed by atoms with Gasteiger partial charge in [-0.2, -0.15) is 0 Å². The van der Waals surface area contributed by atoms with Gasteiger partial charge >= 0.3 is 0 Å². The summed E-state index contributed by atoms with van der Waals surface area (Å²) < 4.78 is 0. The Kier molecular flexibility index (Phi) is 1.56. The van der Waals surface area contributed by atoms with Crippen LogP contribution >= 0.6 is 15.9 Å². The third-order valence-corrected chi connectivity index (χ3v) is 3.81. The van der Waals surface area contributed by atoms with Crippen molar-refractivity contribution in [1.29, 1.82) is 0 Å². The summed E-state index contributed by atoms with van der Waals surface area (Å²) in [7, 11) is 0. The van der Waals surface area contributed by atoms with Gasteiger partial charge in [0.05, 0.1) is 0 Å². The van der Waals surface area contributed by atoms with Gasteiger partial charge in [-0.1, -0.05) is 22.4 Å². The molecule has 0 heterocycles. The Morgan fingerprint density at radius 1 is 1.22 bits per heavy atom. The maximum Gasteiger partial charge on any atom is 0.0179 e. The molecule has 2 saturated carbocycles. The van der Waals surface area contributed by atoms with Gasteiger partial charge in [0.25, 0.3) is 0 Å². The molecular weight excluding hydrogens is 176 g/mol. The molecule has 0 spiro atoms. The van der Waals surface area contributed by atoms with Crippen molar-refractivity contribution in [2.24, 2.45) is 5.92 Å². The molecular formula is C8H12Br. The zero-order valence-electron chi connectivity index (χ0n) is 5.57. The van der Waals surface area contributed by atoms with Crippen molar-refractivity contribution >= 4 is 15.9 Å². The summed E-state index contributed by atoms with van der Waals surface area (Å²) >= 11 is 3.72. The normalized spacial score (nSPS) is 43.7. The average Bonchev–Trinajstić information content (AvgIpc) is 1.74. The minimum atomic E-state index is 0.843. The smallest absolute Gasteiger partial charge is 0.0179 e. The minimum absolute atomic E-state index is 0.843. The van der Waals surface area contributed by atoms with E-state index in [1.165, 1.54) is 32.1 Å². The molecule has 0 aromatic rings. The van der Waals surface area contributed by atoms with Gasteiger partial charge in [-0.3, -0.25) is 0 Å². The second-order valence-electron chi connectivity index (χ2n) is 3.21. The van der Waals surface area contributed by atoms with E-state index in [9.17, 15) is 0 Å². The second kappa shape index (κ2) is 2.26. The molecule has 2 rings (SSSR count). The van der Waals surface area contributed by atoms with E-state index >= 15 is 0 Å². The van der Waals surface area contributed by atoms with Crippen molar-refractivity contribution in [2.75, 3.05) is 0 Å². The number of fused-ring (bicyclic) bond motifs is 1. The lowest BCUT2D eigenvalue weighted by Gasteiger charge is -2.43. The largest absolute Gasteiger partial charge is 0.0887 e. The van der Waals surface area contributed by atoms with Crippen LogP contribution in [0.3, 0.4) is 0 Å². The molecule has 0 saturated heterocycles. The third kappa shape index (κ3) is 0.938. The lowest BCUT2D eigenvalue weighted by atomic mass is 9.66. The molecule has 2 fully saturated rings. The fraction of sp³-hybridized carbons (Fsp3) is 0.875. The van der Waals surface area contributed by atoms with Crippen LogP contribution in [0, 0.1) is 11.8 Å². The zero-order chi connectivity index (χ0) is 6.27. The molecule has 0 N–H and O–H groups in total. The van der Waals surface area contributed by atoms with E-state index in [0.717, 1.165) is 10.7 Å². The first-order valence-corrected chi connectivity index (χ1v) is 4.78. The van der Waals surface area contributed by atoms with Crippen LogP contribution in [0.1, 0.15) is 32.1 Å². The van der Waals surface area contributed by atoms with Crippen LogP contribution in [0.4, 0.5) is 0 Å². The van der Waals surface area contributed by atoms with E-state index in [1.807, 2.05) is 5.92 Å². The molecule has 0 aliphatic heterocycles. The van der Waals surface area contributed by atoms with E-state index in [0.29, 0.717) is 0 Å². The molecule has 0 aromatic carbocycles. The average molecular weight is 188 g/mol. The first-order chi connectivity index (χ1) is 4.38. The highest BCUT2D eigenvalue weighted by atomic mass is 79.9. The van der Waals surface area contributed by atoms with E-state index in [1.54, 1.807) is 0 Å². The van der Waals surface area contributed by atoms with Gasteiger partial charge in [0.1, 0.15) is 0 Å². The van der Waals surface area contributed by atoms with Gasteiger partial charge in [-0.25, -0.2) is 0 Å². The van der Waals surface area contributed by atoms with Gasteiger partial charge in [0, 0.05) is 4.83 Å². The van der Waals surface area contributed by atoms with Gasteiger partial charge in [-0.05, 0) is 37.5 Å². The van der Waals surface area contributed by atoms with Crippen LogP contribution in [0.5, 0.6) is 0 Å². The van der Waals surface area contributed by atoms with Crippen LogP contribution in [0.15, 0.2) is 0 Å². The lowest BCUT2D eigenvalue weighted by Crippen LogP contribution is -2.34. The van der Waals surface area contributed by atoms with Crippen molar-refractivity contribution in [1.82, 2.24) is 0 Å². The molecule has 1 heteroatoms. The molecule has 9 heavy (non-hydrogen) atoms. The van der Waals surface area contributed by atoms with Gasteiger partial charge in [0.15, 0.2) is 0 Å². The predicted octanol–water partition coefficient (Wildman–Crippen LogP) is 2.92. The van der Waals surface area contributed by atoms with Crippen LogP contribution < -0.4 is 0 Å². The summed E-state index contributed by atoms with van der Waals surface area (Å²) in [6.07, 6.45) is 7.18. The zero-order valence-corrected chi connectivity index (χ0v) is 7.15. The molecule has 0 amide bonds. The van der Waals surface area contributed by atoms with Crippen molar-refractivity contribution < 1.29 is 0 Å². The summed E-state index contributed by atoms with van der Waals surface area (Å²) in [5.41, 5.74) is 0. The highest BCUT2D eigenvalue weighted by Gasteiger charge is 2.38. The Hall–Kier alpha value is 0.480. The first kappa shape index (κ1) is 6.21. The maximum absolute atomic E-state index is 3.72. The Bertz CT molecular complexity index is 105. The molecule has 0 nitrogen and oxygen atoms in total. The number of hydrogen-bond acceptors (Lipinski definition) is 0. The Morgan fingerprint density at radius 3 is 2.56 bits per heavy atom. The molecule has 2 unspecified atom stereocenters. The second-order valence-corrected chi connectivity index (χ2v) is 4.39. The highest BCUT2D eigenvalue weighted by molar-refractivity contribution is 9.09. The third-order valence-electron chi connectivity index (χ3n) is 2.72. The van der Waals surface area contributed by atoms with Crippen LogP contribution in [-0.2, 0) is 0 Å². The number of rotatable bonds is 0. The topological polar surface area (TPSA) is 0 Å². The van der Waals surface area contributed by atoms with Gasteiger partial charge in [-0.15, -0.1) is 0 Å². The fourth-order valence-corrected chi connectivity index (χ4v) is 2.95. The number of alkyl halides is 1. The predicted molar refractivity (Wildman–Crippen MR) is 42.5 cm³/mol. The molecule has 2 atom stereocenters. The monoisotopic (exact) mass is 187 g/mol. The SMILES string of the molecule is BrC1CCC[C]2CCC21. The molecule has 1 radical (unpaired) electrons. The fourth-order valence-electron chi connectivity index (χ4n) is 1.99. The Morgan fingerprint density at radius 2 is 2.11 bits per heavy atom. The van der Waals surface area contributed by atoms with Gasteiger partial charge in [0.2, 0.25) is 0 Å². The number of halogens is 1. The molecule has 51 valence electrons. The lowest BCUT2D eigenvalue weighted by molar-refractivity contribution is 0.282. The van der Waals surface area contributed by atoms with Crippen molar-refractivity contribution in [3.05, 3.63) is 5.92 Å². The molecule has 2 aliphatic carbocycles. The van der Waals surface area contributed by atoms with Gasteiger partial charge < -0.3 is 0 Å². The standard InChI is InChI=1S/C8H12Br/c9-8-3-1-2-6-4-5-7(6)8/h7-8H,1-5H2. The van der Waals surface area contributed by atoms with Crippen molar-refractivity contribution in [3.63, 3.8) is 0 Å². The van der Waals surface area contributed by atoms with Crippen LogP contribution in [0.25, 0.3) is 0 Å². The Labute approximate surface area is 65.1 Å². The first-order valence-electron chi connectivity index (χ1n) is 3.86. The molecule has 0 aromatic heterocycles. The summed E-state index contributed by atoms with van der Waals surface area (Å²) in [6, 6.07) is 0. The van der Waals surface area contributed by atoms with E-state index in [2.05, 4.69) is 15.9 Å². The van der Waals surface area contributed by atoms with Crippen LogP contribution in [-0.4, -0.2) is 4.83 Å². The van der Waals surface area contributed by atoms with Crippen molar-refractivity contribution in [3.8, 4) is 0 Å². The number of hydrogen-bond donors (Lipinski definition) is 0. The minimum Gasteiger partial charge on any atom is -0.0887 e. The van der Waals surface area contributed by atoms with E-state index in [4.69, 9.17) is 0 Å². The van der Waals surface area contributed by atoms with Crippen molar-refractivity contribution in [2.45, 2.75) is 36.9 Å². The highest BCUT2D eigenvalue weighted by Crippen LogP contribution is 2.49. The van der Waals surface area contributed by atoms with E-state index in [-0.39, 0.29) is 0 Å². The molecule has 0 bridgehead atoms.